The smallest absolute Gasteiger partial charge is 0.0672 e. The molecule has 0 aromatic carbocycles. The van der Waals surface area contributed by atoms with Crippen LogP contribution in [-0.2, 0) is 0 Å². The van der Waals surface area contributed by atoms with E-state index >= 15 is 0 Å². The van der Waals surface area contributed by atoms with Crippen molar-refractivity contribution >= 4 is 0 Å². The van der Waals surface area contributed by atoms with Gasteiger partial charge in [0.1, 0.15) is 0 Å². The molecule has 0 aromatic rings. The molecule has 1 aliphatic carbocycles. The van der Waals surface area contributed by atoms with Crippen LogP contribution in [0.1, 0.15) is 60.8 Å². The van der Waals surface area contributed by atoms with E-state index < -0.39 is 0 Å². The van der Waals surface area contributed by atoms with E-state index in [4.69, 9.17) is 0 Å². The summed E-state index contributed by atoms with van der Waals surface area (Å²) in [5, 5.41) is 9.44. The fourth-order valence-electron chi connectivity index (χ4n) is 3.31. The minimum absolute atomic E-state index is 0.213. The highest BCUT2D eigenvalue weighted by molar-refractivity contribution is 4.99. The van der Waals surface area contributed by atoms with Gasteiger partial charge in [0, 0.05) is 12.1 Å². The molecule has 0 aliphatic heterocycles. The quantitative estimate of drug-likeness (QED) is 0.759. The summed E-state index contributed by atoms with van der Waals surface area (Å²) in [4.78, 5) is 2.47. The molecule has 19 heavy (non-hydrogen) atoms. The van der Waals surface area contributed by atoms with Crippen molar-refractivity contribution in [1.82, 2.24) is 4.90 Å². The van der Waals surface area contributed by atoms with Gasteiger partial charge in [-0.05, 0) is 50.5 Å². The Hall–Kier alpha value is -0.550. The van der Waals surface area contributed by atoms with E-state index in [0.29, 0.717) is 23.4 Å². The average Bonchev–Trinajstić information content (AvgIpc) is 2.34. The van der Waals surface area contributed by atoms with Crippen LogP contribution in [0.3, 0.4) is 0 Å². The Morgan fingerprint density at radius 3 is 2.16 bits per heavy atom. The predicted molar refractivity (Wildman–Crippen MR) is 81.8 cm³/mol. The first kappa shape index (κ1) is 16.5. The molecule has 1 aliphatic rings. The van der Waals surface area contributed by atoms with Crippen molar-refractivity contribution in [1.29, 1.82) is 5.26 Å². The van der Waals surface area contributed by atoms with E-state index in [1.54, 1.807) is 0 Å². The van der Waals surface area contributed by atoms with E-state index in [0.717, 1.165) is 12.3 Å². The molecule has 4 atom stereocenters. The summed E-state index contributed by atoms with van der Waals surface area (Å²) in [5.41, 5.74) is 0.362. The molecule has 0 N–H and O–H groups in total. The molecule has 1 saturated carbocycles. The zero-order valence-corrected chi connectivity index (χ0v) is 13.9. The van der Waals surface area contributed by atoms with Crippen LogP contribution in [0.25, 0.3) is 0 Å². The molecule has 0 saturated heterocycles. The first-order valence-electron chi connectivity index (χ1n) is 7.80. The van der Waals surface area contributed by atoms with E-state index in [1.807, 2.05) is 0 Å². The molecule has 2 nitrogen and oxygen atoms in total. The summed E-state index contributed by atoms with van der Waals surface area (Å²) in [6.07, 6.45) is 3.45. The maximum atomic E-state index is 9.44. The summed E-state index contributed by atoms with van der Waals surface area (Å²) in [7, 11) is 2.21. The maximum absolute atomic E-state index is 9.44. The normalized spacial score (nSPS) is 30.4. The molecular weight excluding hydrogens is 232 g/mol. The molecular formula is C17H32N2. The number of rotatable bonds is 3. The minimum Gasteiger partial charge on any atom is -0.299 e. The highest BCUT2D eigenvalue weighted by atomic mass is 15.2. The lowest BCUT2D eigenvalue weighted by atomic mass is 9.67. The Morgan fingerprint density at radius 1 is 1.16 bits per heavy atom. The first-order chi connectivity index (χ1) is 8.68. The summed E-state index contributed by atoms with van der Waals surface area (Å²) >= 11 is 0. The molecule has 0 heterocycles. The molecule has 4 unspecified atom stereocenters. The van der Waals surface area contributed by atoms with Crippen molar-refractivity contribution in [2.45, 2.75) is 72.9 Å². The molecule has 1 rings (SSSR count). The summed E-state index contributed by atoms with van der Waals surface area (Å²) in [6.45, 7) is 13.9. The van der Waals surface area contributed by atoms with Gasteiger partial charge in [0.15, 0.2) is 0 Å². The fraction of sp³-hybridized carbons (Fsp3) is 0.941. The van der Waals surface area contributed by atoms with Gasteiger partial charge in [-0.3, -0.25) is 4.90 Å². The number of hydrogen-bond donors (Lipinski definition) is 0. The highest BCUT2D eigenvalue weighted by Gasteiger charge is 2.39. The molecule has 110 valence electrons. The van der Waals surface area contributed by atoms with Gasteiger partial charge in [0.25, 0.3) is 0 Å². The lowest BCUT2D eigenvalue weighted by molar-refractivity contribution is 0.0439. The Kier molecular flexibility index (Phi) is 5.44. The second-order valence-electron chi connectivity index (χ2n) is 7.83. The SMILES string of the molecule is CC(C)C(C)N(C)C1CC(C(C)(C)C)CCC1C#N. The molecule has 0 radical (unpaired) electrons. The van der Waals surface area contributed by atoms with Crippen LogP contribution in [0.2, 0.25) is 0 Å². The number of hydrogen-bond acceptors (Lipinski definition) is 2. The third kappa shape index (κ3) is 3.96. The van der Waals surface area contributed by atoms with Gasteiger partial charge in [0.2, 0.25) is 0 Å². The minimum atomic E-state index is 0.213. The number of nitriles is 1. The van der Waals surface area contributed by atoms with E-state index in [9.17, 15) is 5.26 Å². The van der Waals surface area contributed by atoms with Gasteiger partial charge in [-0.15, -0.1) is 0 Å². The van der Waals surface area contributed by atoms with Gasteiger partial charge in [-0.25, -0.2) is 0 Å². The molecule has 0 bridgehead atoms. The third-order valence-electron chi connectivity index (χ3n) is 5.34. The Bertz CT molecular complexity index is 321. The average molecular weight is 264 g/mol. The van der Waals surface area contributed by atoms with Crippen molar-refractivity contribution in [3.63, 3.8) is 0 Å². The third-order valence-corrected chi connectivity index (χ3v) is 5.34. The van der Waals surface area contributed by atoms with Crippen LogP contribution in [0.5, 0.6) is 0 Å². The van der Waals surface area contributed by atoms with Crippen molar-refractivity contribution in [2.24, 2.45) is 23.2 Å². The van der Waals surface area contributed by atoms with Crippen molar-refractivity contribution in [2.75, 3.05) is 7.05 Å². The van der Waals surface area contributed by atoms with Crippen molar-refractivity contribution in [3.8, 4) is 6.07 Å². The van der Waals surface area contributed by atoms with Crippen LogP contribution < -0.4 is 0 Å². The first-order valence-corrected chi connectivity index (χ1v) is 7.80. The molecule has 1 fully saturated rings. The standard InChI is InChI=1S/C17H32N2/c1-12(2)13(3)19(7)16-10-15(17(4,5)6)9-8-14(16)11-18/h12-16H,8-10H2,1-7H3. The zero-order chi connectivity index (χ0) is 14.8. The van der Waals surface area contributed by atoms with Crippen LogP contribution in [-0.4, -0.2) is 24.0 Å². The van der Waals surface area contributed by atoms with E-state index in [1.165, 1.54) is 12.8 Å². The number of nitrogens with zero attached hydrogens (tertiary/aromatic N) is 2. The van der Waals surface area contributed by atoms with Crippen LogP contribution in [0.15, 0.2) is 0 Å². The summed E-state index contributed by atoms with van der Waals surface area (Å²) in [5.74, 6) is 1.59. The predicted octanol–water partition coefficient (Wildman–Crippen LogP) is 4.32. The summed E-state index contributed by atoms with van der Waals surface area (Å²) in [6, 6.07) is 3.53. The lowest BCUT2D eigenvalue weighted by Crippen LogP contribution is -2.49. The second-order valence-corrected chi connectivity index (χ2v) is 7.83. The Morgan fingerprint density at radius 2 is 1.74 bits per heavy atom. The molecule has 0 aromatic heterocycles. The molecule has 0 spiro atoms. The van der Waals surface area contributed by atoms with E-state index in [2.05, 4.69) is 59.6 Å². The second kappa shape index (κ2) is 6.27. The van der Waals surface area contributed by atoms with Gasteiger partial charge in [-0.2, -0.15) is 5.26 Å². The van der Waals surface area contributed by atoms with Gasteiger partial charge in [0.05, 0.1) is 12.0 Å². The highest BCUT2D eigenvalue weighted by Crippen LogP contribution is 2.41. The monoisotopic (exact) mass is 264 g/mol. The molecule has 0 amide bonds. The van der Waals surface area contributed by atoms with Gasteiger partial charge in [-0.1, -0.05) is 34.6 Å². The van der Waals surface area contributed by atoms with Crippen molar-refractivity contribution < 1.29 is 0 Å². The van der Waals surface area contributed by atoms with Gasteiger partial charge >= 0.3 is 0 Å². The van der Waals surface area contributed by atoms with E-state index in [-0.39, 0.29) is 5.92 Å². The largest absolute Gasteiger partial charge is 0.299 e. The molecule has 2 heteroatoms. The zero-order valence-electron chi connectivity index (χ0n) is 13.9. The van der Waals surface area contributed by atoms with Gasteiger partial charge < -0.3 is 0 Å². The van der Waals surface area contributed by atoms with Crippen molar-refractivity contribution in [3.05, 3.63) is 0 Å². The summed E-state index contributed by atoms with van der Waals surface area (Å²) < 4.78 is 0. The lowest BCUT2D eigenvalue weighted by Gasteiger charge is -2.45. The van der Waals surface area contributed by atoms with Crippen LogP contribution in [0, 0.1) is 34.5 Å². The Labute approximate surface area is 120 Å². The fourth-order valence-corrected chi connectivity index (χ4v) is 3.31. The van der Waals surface area contributed by atoms with Crippen LogP contribution >= 0.6 is 0 Å². The topological polar surface area (TPSA) is 27.0 Å². The maximum Gasteiger partial charge on any atom is 0.0672 e. The Balaban J connectivity index is 2.84. The van der Waals surface area contributed by atoms with Crippen LogP contribution in [0.4, 0.5) is 0 Å².